The highest BCUT2D eigenvalue weighted by Gasteiger charge is 2.13. The number of aromatic nitrogens is 2. The Balaban J connectivity index is 2.43. The fourth-order valence-electron chi connectivity index (χ4n) is 2.05. The number of benzene rings is 1. The summed E-state index contributed by atoms with van der Waals surface area (Å²) in [5.74, 6) is 1.13. The van der Waals surface area contributed by atoms with Crippen LogP contribution in [0.5, 0.6) is 0 Å². The summed E-state index contributed by atoms with van der Waals surface area (Å²) >= 11 is 0. The maximum atomic E-state index is 13.4. The van der Waals surface area contributed by atoms with Gasteiger partial charge in [0, 0.05) is 30.5 Å². The van der Waals surface area contributed by atoms with Crippen LogP contribution in [-0.4, -0.2) is 23.1 Å². The molecular weight excluding hydrogens is 255 g/mol. The Labute approximate surface area is 118 Å². The molecule has 0 fully saturated rings. The van der Waals surface area contributed by atoms with Gasteiger partial charge in [0.05, 0.1) is 0 Å². The van der Waals surface area contributed by atoms with Gasteiger partial charge in [0.15, 0.2) is 0 Å². The lowest BCUT2D eigenvalue weighted by molar-refractivity contribution is 0.627. The molecule has 4 nitrogen and oxygen atoms in total. The number of hydrogen-bond acceptors (Lipinski definition) is 4. The van der Waals surface area contributed by atoms with Crippen LogP contribution in [0.4, 0.5) is 21.8 Å². The molecule has 0 spiro atoms. The van der Waals surface area contributed by atoms with Gasteiger partial charge >= 0.3 is 0 Å². The SMILES string of the molecule is CCNc1ncc(C)c(N(CC)c2cccc(F)c2)n1. The molecule has 2 aromatic rings. The zero-order valence-corrected chi connectivity index (χ0v) is 12.0. The van der Waals surface area contributed by atoms with E-state index in [0.29, 0.717) is 12.5 Å². The van der Waals surface area contributed by atoms with Crippen LogP contribution in [-0.2, 0) is 0 Å². The van der Waals surface area contributed by atoms with Crippen molar-refractivity contribution in [1.29, 1.82) is 0 Å². The van der Waals surface area contributed by atoms with Gasteiger partial charge in [-0.25, -0.2) is 9.37 Å². The van der Waals surface area contributed by atoms with Crippen LogP contribution < -0.4 is 10.2 Å². The lowest BCUT2D eigenvalue weighted by Crippen LogP contribution is -2.19. The third-order valence-electron chi connectivity index (χ3n) is 2.97. The van der Waals surface area contributed by atoms with Gasteiger partial charge in [0.25, 0.3) is 0 Å². The minimum Gasteiger partial charge on any atom is -0.354 e. The van der Waals surface area contributed by atoms with Crippen LogP contribution in [0.3, 0.4) is 0 Å². The number of anilines is 3. The zero-order chi connectivity index (χ0) is 14.5. The van der Waals surface area contributed by atoms with E-state index in [2.05, 4.69) is 15.3 Å². The number of halogens is 1. The molecule has 0 bridgehead atoms. The molecule has 0 aliphatic carbocycles. The Morgan fingerprint density at radius 1 is 1.30 bits per heavy atom. The third kappa shape index (κ3) is 3.04. The van der Waals surface area contributed by atoms with Gasteiger partial charge in [-0.05, 0) is 39.0 Å². The van der Waals surface area contributed by atoms with Crippen molar-refractivity contribution in [3.63, 3.8) is 0 Å². The summed E-state index contributed by atoms with van der Waals surface area (Å²) in [7, 11) is 0. The van der Waals surface area contributed by atoms with Gasteiger partial charge < -0.3 is 10.2 Å². The first-order valence-corrected chi connectivity index (χ1v) is 6.76. The van der Waals surface area contributed by atoms with Crippen molar-refractivity contribution in [2.24, 2.45) is 0 Å². The van der Waals surface area contributed by atoms with Crippen molar-refractivity contribution in [3.05, 3.63) is 41.8 Å². The van der Waals surface area contributed by atoms with Crippen LogP contribution in [0.1, 0.15) is 19.4 Å². The van der Waals surface area contributed by atoms with E-state index in [0.717, 1.165) is 23.6 Å². The molecule has 1 aromatic carbocycles. The van der Waals surface area contributed by atoms with E-state index in [-0.39, 0.29) is 5.82 Å². The van der Waals surface area contributed by atoms with Gasteiger partial charge in [0.2, 0.25) is 5.95 Å². The van der Waals surface area contributed by atoms with E-state index in [9.17, 15) is 4.39 Å². The van der Waals surface area contributed by atoms with Crippen LogP contribution in [0.25, 0.3) is 0 Å². The topological polar surface area (TPSA) is 41.1 Å². The average Bonchev–Trinajstić information content (AvgIpc) is 2.43. The van der Waals surface area contributed by atoms with E-state index in [1.54, 1.807) is 12.3 Å². The van der Waals surface area contributed by atoms with Crippen LogP contribution in [0, 0.1) is 12.7 Å². The Hall–Kier alpha value is -2.17. The van der Waals surface area contributed by atoms with Crippen molar-refractivity contribution in [2.75, 3.05) is 23.3 Å². The van der Waals surface area contributed by atoms with Crippen LogP contribution >= 0.6 is 0 Å². The van der Waals surface area contributed by atoms with Gasteiger partial charge in [-0.3, -0.25) is 0 Å². The molecule has 1 heterocycles. The number of nitrogens with zero attached hydrogens (tertiary/aromatic N) is 3. The van der Waals surface area contributed by atoms with E-state index in [4.69, 9.17) is 0 Å². The molecule has 0 saturated heterocycles. The second-order valence-electron chi connectivity index (χ2n) is 4.45. The number of aryl methyl sites for hydroxylation is 1. The van der Waals surface area contributed by atoms with Gasteiger partial charge in [-0.1, -0.05) is 6.07 Å². The second kappa shape index (κ2) is 6.32. The summed E-state index contributed by atoms with van der Waals surface area (Å²) in [4.78, 5) is 10.7. The molecule has 0 aliphatic rings. The fraction of sp³-hybridized carbons (Fsp3) is 0.333. The van der Waals surface area contributed by atoms with Crippen molar-refractivity contribution in [3.8, 4) is 0 Å². The molecule has 0 aliphatic heterocycles. The molecule has 0 atom stereocenters. The molecule has 0 unspecified atom stereocenters. The van der Waals surface area contributed by atoms with Crippen molar-refractivity contribution in [2.45, 2.75) is 20.8 Å². The Morgan fingerprint density at radius 3 is 2.75 bits per heavy atom. The highest BCUT2D eigenvalue weighted by Crippen LogP contribution is 2.27. The lowest BCUT2D eigenvalue weighted by Gasteiger charge is -2.24. The maximum Gasteiger partial charge on any atom is 0.224 e. The van der Waals surface area contributed by atoms with E-state index < -0.39 is 0 Å². The predicted octanol–water partition coefficient (Wildman–Crippen LogP) is 3.51. The number of rotatable bonds is 5. The summed E-state index contributed by atoms with van der Waals surface area (Å²) in [6, 6.07) is 6.53. The third-order valence-corrected chi connectivity index (χ3v) is 2.97. The molecule has 0 saturated carbocycles. The standard InChI is InChI=1S/C15H19FN4/c1-4-17-15-18-10-11(3)14(19-15)20(5-2)13-8-6-7-12(16)9-13/h6-10H,4-5H2,1-3H3,(H,17,18,19). The van der Waals surface area contributed by atoms with Gasteiger partial charge in [0.1, 0.15) is 11.6 Å². The molecule has 2 rings (SSSR count). The molecular formula is C15H19FN4. The molecule has 0 radical (unpaired) electrons. The van der Waals surface area contributed by atoms with Crippen molar-refractivity contribution < 1.29 is 4.39 Å². The number of hydrogen-bond donors (Lipinski definition) is 1. The van der Waals surface area contributed by atoms with Crippen LogP contribution in [0.15, 0.2) is 30.5 Å². The fourth-order valence-corrected chi connectivity index (χ4v) is 2.05. The Morgan fingerprint density at radius 2 is 2.10 bits per heavy atom. The van der Waals surface area contributed by atoms with E-state index >= 15 is 0 Å². The molecule has 20 heavy (non-hydrogen) atoms. The normalized spacial score (nSPS) is 10.4. The Kier molecular flexibility index (Phi) is 4.50. The highest BCUT2D eigenvalue weighted by molar-refractivity contribution is 5.63. The number of nitrogens with one attached hydrogen (secondary N) is 1. The first kappa shape index (κ1) is 14.2. The first-order chi connectivity index (χ1) is 9.65. The first-order valence-electron chi connectivity index (χ1n) is 6.76. The second-order valence-corrected chi connectivity index (χ2v) is 4.45. The van der Waals surface area contributed by atoms with E-state index in [1.165, 1.54) is 12.1 Å². The molecule has 106 valence electrons. The monoisotopic (exact) mass is 274 g/mol. The molecule has 1 N–H and O–H groups in total. The summed E-state index contributed by atoms with van der Waals surface area (Å²) in [5, 5.41) is 3.09. The summed E-state index contributed by atoms with van der Waals surface area (Å²) in [5.41, 5.74) is 1.74. The highest BCUT2D eigenvalue weighted by atomic mass is 19.1. The Bertz CT molecular complexity index is 586. The summed E-state index contributed by atoms with van der Waals surface area (Å²) < 4.78 is 13.4. The predicted molar refractivity (Wildman–Crippen MR) is 80.0 cm³/mol. The smallest absolute Gasteiger partial charge is 0.224 e. The zero-order valence-electron chi connectivity index (χ0n) is 12.0. The maximum absolute atomic E-state index is 13.4. The molecule has 0 amide bonds. The largest absolute Gasteiger partial charge is 0.354 e. The van der Waals surface area contributed by atoms with Crippen LogP contribution in [0.2, 0.25) is 0 Å². The summed E-state index contributed by atoms with van der Waals surface area (Å²) in [6.07, 6.45) is 1.78. The molecule has 1 aromatic heterocycles. The molecule has 5 heteroatoms. The average molecular weight is 274 g/mol. The van der Waals surface area contributed by atoms with Crippen molar-refractivity contribution >= 4 is 17.5 Å². The minimum absolute atomic E-state index is 0.250. The van der Waals surface area contributed by atoms with Crippen molar-refractivity contribution in [1.82, 2.24) is 9.97 Å². The lowest BCUT2D eigenvalue weighted by atomic mass is 10.2. The summed E-state index contributed by atoms with van der Waals surface area (Å²) in [6.45, 7) is 7.42. The minimum atomic E-state index is -0.250. The van der Waals surface area contributed by atoms with Gasteiger partial charge in [-0.2, -0.15) is 4.98 Å². The van der Waals surface area contributed by atoms with Gasteiger partial charge in [-0.15, -0.1) is 0 Å². The quantitative estimate of drug-likeness (QED) is 0.905. The van der Waals surface area contributed by atoms with E-state index in [1.807, 2.05) is 31.7 Å².